The molecule has 1 atom stereocenters. The van der Waals surface area contributed by atoms with Gasteiger partial charge in [-0.2, -0.15) is 4.98 Å². The normalized spacial score (nSPS) is 16.2. The van der Waals surface area contributed by atoms with Gasteiger partial charge >= 0.3 is 5.96 Å². The molecule has 0 bridgehead atoms. The fourth-order valence-corrected chi connectivity index (χ4v) is 4.22. The van der Waals surface area contributed by atoms with Gasteiger partial charge in [0.1, 0.15) is 0 Å². The van der Waals surface area contributed by atoms with Gasteiger partial charge in [-0.05, 0) is 36.8 Å². The summed E-state index contributed by atoms with van der Waals surface area (Å²) in [4.78, 5) is 4.66. The van der Waals surface area contributed by atoms with Crippen LogP contribution in [0.2, 0.25) is 0 Å². The Balaban J connectivity index is 0.00000256. The van der Waals surface area contributed by atoms with E-state index >= 15 is 0 Å². The van der Waals surface area contributed by atoms with Gasteiger partial charge in [0.25, 0.3) is 5.89 Å². The predicted molar refractivity (Wildman–Crippen MR) is 114 cm³/mol. The summed E-state index contributed by atoms with van der Waals surface area (Å²) in [6, 6.07) is 8.48. The van der Waals surface area contributed by atoms with E-state index in [1.807, 2.05) is 4.58 Å². The van der Waals surface area contributed by atoms with Crippen molar-refractivity contribution in [3.05, 3.63) is 36.4 Å². The van der Waals surface area contributed by atoms with Crippen molar-refractivity contribution in [3.8, 4) is 11.4 Å². The molecule has 3 aromatic rings. The molecular weight excluding hydrogens is 400 g/mol. The van der Waals surface area contributed by atoms with Crippen molar-refractivity contribution in [1.29, 1.82) is 0 Å². The number of aryl methyl sites for hydroxylation is 1. The minimum Gasteiger partial charge on any atom is -1.00 e. The first kappa shape index (κ1) is 22.2. The van der Waals surface area contributed by atoms with Gasteiger partial charge in [-0.15, -0.1) is 0 Å². The van der Waals surface area contributed by atoms with Crippen LogP contribution in [-0.4, -0.2) is 31.8 Å². The molecule has 1 aromatic carbocycles. The van der Waals surface area contributed by atoms with Gasteiger partial charge in [0.15, 0.2) is 6.04 Å². The van der Waals surface area contributed by atoms with Crippen LogP contribution >= 0.6 is 0 Å². The summed E-state index contributed by atoms with van der Waals surface area (Å²) in [6.45, 7) is 4.11. The molecule has 0 aliphatic carbocycles. The lowest BCUT2D eigenvalue weighted by atomic mass is 10.1. The number of benzene rings is 1. The third-order valence-corrected chi connectivity index (χ3v) is 5.85. The quantitative estimate of drug-likeness (QED) is 0.312. The van der Waals surface area contributed by atoms with Crippen molar-refractivity contribution in [3.63, 3.8) is 0 Å². The van der Waals surface area contributed by atoms with Crippen molar-refractivity contribution in [2.75, 3.05) is 6.54 Å². The largest absolute Gasteiger partial charge is 1.00 e. The Labute approximate surface area is 183 Å². The SMILES string of the molecule is CCCCCCCn1ccc2ccc(-c3noc([C@@H]4CCC[N+]4=C(N)N)n3)cc21.[Cl-]. The van der Waals surface area contributed by atoms with E-state index in [1.54, 1.807) is 0 Å². The van der Waals surface area contributed by atoms with E-state index in [4.69, 9.17) is 16.0 Å². The van der Waals surface area contributed by atoms with Crippen LogP contribution in [-0.2, 0) is 6.54 Å². The maximum absolute atomic E-state index is 5.80. The number of nitrogens with zero attached hydrogens (tertiary/aromatic N) is 4. The van der Waals surface area contributed by atoms with Gasteiger partial charge in [0.05, 0.1) is 6.54 Å². The molecule has 30 heavy (non-hydrogen) atoms. The van der Waals surface area contributed by atoms with Crippen molar-refractivity contribution in [2.24, 2.45) is 11.5 Å². The molecule has 1 aliphatic rings. The molecule has 1 aliphatic heterocycles. The average molecular weight is 431 g/mol. The molecule has 0 spiro atoms. The second-order valence-electron chi connectivity index (χ2n) is 7.93. The summed E-state index contributed by atoms with van der Waals surface area (Å²) in [5, 5.41) is 5.46. The number of fused-ring (bicyclic) bond motifs is 1. The highest BCUT2D eigenvalue weighted by Crippen LogP contribution is 2.30. The van der Waals surface area contributed by atoms with Crippen molar-refractivity contribution in [2.45, 2.75) is 64.5 Å². The standard InChI is InChI=1S/C22H30N6O.ClH/c1-2-3-4-5-6-12-27-14-11-16-9-10-17(15-19(16)27)20-25-21(29-26-20)18-8-7-13-28(18)22(23)24;/h9-11,14-15,18H,2-8,12-13H2,1H3,(H3,23,24);1H/t18-;/m0./s1. The van der Waals surface area contributed by atoms with Crippen LogP contribution in [0.5, 0.6) is 0 Å². The molecule has 2 aromatic heterocycles. The van der Waals surface area contributed by atoms with E-state index in [1.165, 1.54) is 43.0 Å². The first-order valence-electron chi connectivity index (χ1n) is 10.7. The van der Waals surface area contributed by atoms with E-state index in [2.05, 4.69) is 52.1 Å². The minimum atomic E-state index is -0.0306. The summed E-state index contributed by atoms with van der Waals surface area (Å²) in [5.41, 5.74) is 13.8. The van der Waals surface area contributed by atoms with Crippen LogP contribution in [0, 0.1) is 0 Å². The monoisotopic (exact) mass is 430 g/mol. The fourth-order valence-electron chi connectivity index (χ4n) is 4.22. The first-order chi connectivity index (χ1) is 14.2. The molecule has 162 valence electrons. The summed E-state index contributed by atoms with van der Waals surface area (Å²) < 4.78 is 9.84. The summed E-state index contributed by atoms with van der Waals surface area (Å²) >= 11 is 0. The Kier molecular flexibility index (Phi) is 7.37. The summed E-state index contributed by atoms with van der Waals surface area (Å²) in [7, 11) is 0. The Morgan fingerprint density at radius 1 is 1.20 bits per heavy atom. The topological polar surface area (TPSA) is 98.9 Å². The Hall–Kier alpha value is -2.54. The first-order valence-corrected chi connectivity index (χ1v) is 10.7. The van der Waals surface area contributed by atoms with Gasteiger partial charge < -0.3 is 21.5 Å². The minimum absolute atomic E-state index is 0. The molecule has 1 saturated heterocycles. The van der Waals surface area contributed by atoms with Gasteiger partial charge in [-0.25, -0.2) is 0 Å². The Bertz CT molecular complexity index is 1000. The highest BCUT2D eigenvalue weighted by molar-refractivity contribution is 5.84. The molecule has 0 saturated carbocycles. The highest BCUT2D eigenvalue weighted by atomic mass is 35.5. The lowest BCUT2D eigenvalue weighted by molar-refractivity contribution is -0.555. The fraction of sp³-hybridized carbons (Fsp3) is 0.500. The third-order valence-electron chi connectivity index (χ3n) is 5.85. The molecule has 0 amide bonds. The van der Waals surface area contributed by atoms with Crippen molar-refractivity contribution < 1.29 is 21.5 Å². The Morgan fingerprint density at radius 3 is 2.83 bits per heavy atom. The molecule has 1 fully saturated rings. The molecule has 3 heterocycles. The van der Waals surface area contributed by atoms with Crippen LogP contribution < -0.4 is 23.9 Å². The summed E-state index contributed by atoms with van der Waals surface area (Å²) in [5.74, 6) is 1.50. The third kappa shape index (κ3) is 4.61. The highest BCUT2D eigenvalue weighted by Gasteiger charge is 2.31. The van der Waals surface area contributed by atoms with E-state index in [-0.39, 0.29) is 18.4 Å². The number of unbranched alkanes of at least 4 members (excludes halogenated alkanes) is 4. The van der Waals surface area contributed by atoms with Crippen LogP contribution in [0.4, 0.5) is 0 Å². The number of halogens is 1. The number of rotatable bonds is 8. The average Bonchev–Trinajstić information content (AvgIpc) is 3.46. The van der Waals surface area contributed by atoms with Crippen LogP contribution in [0.3, 0.4) is 0 Å². The van der Waals surface area contributed by atoms with Crippen molar-refractivity contribution >= 4 is 16.9 Å². The second-order valence-corrected chi connectivity index (χ2v) is 7.93. The second kappa shape index (κ2) is 9.98. The smallest absolute Gasteiger partial charge is 0.341 e. The van der Waals surface area contributed by atoms with Gasteiger partial charge in [-0.3, -0.25) is 16.0 Å². The van der Waals surface area contributed by atoms with Gasteiger partial charge in [-0.1, -0.05) is 49.9 Å². The van der Waals surface area contributed by atoms with E-state index in [0.29, 0.717) is 17.7 Å². The van der Waals surface area contributed by atoms with Crippen molar-refractivity contribution in [1.82, 2.24) is 14.7 Å². The molecule has 8 heteroatoms. The van der Waals surface area contributed by atoms with Crippen LogP contribution in [0.15, 0.2) is 35.0 Å². The molecular formula is C22H31ClN6O. The van der Waals surface area contributed by atoms with Crippen LogP contribution in [0.25, 0.3) is 22.3 Å². The number of hydrogen-bond donors (Lipinski definition) is 2. The zero-order valence-corrected chi connectivity index (χ0v) is 18.3. The van der Waals surface area contributed by atoms with E-state index < -0.39 is 0 Å². The number of nitrogens with two attached hydrogens (primary N) is 2. The van der Waals surface area contributed by atoms with Gasteiger partial charge in [0.2, 0.25) is 5.82 Å². The molecule has 4 N–H and O–H groups in total. The molecule has 0 unspecified atom stereocenters. The Morgan fingerprint density at radius 2 is 2.03 bits per heavy atom. The lowest BCUT2D eigenvalue weighted by Crippen LogP contribution is -3.00. The lowest BCUT2D eigenvalue weighted by Gasteiger charge is -2.07. The maximum atomic E-state index is 5.80. The zero-order valence-electron chi connectivity index (χ0n) is 17.6. The van der Waals surface area contributed by atoms with E-state index in [0.717, 1.165) is 31.5 Å². The van der Waals surface area contributed by atoms with Gasteiger partial charge in [0, 0.05) is 23.8 Å². The molecule has 4 rings (SSSR count). The number of hydrogen-bond acceptors (Lipinski definition) is 3. The number of guanidine groups is 1. The molecule has 0 radical (unpaired) electrons. The summed E-state index contributed by atoms with van der Waals surface area (Å²) in [6.07, 6.45) is 10.5. The maximum Gasteiger partial charge on any atom is 0.341 e. The molecule has 7 nitrogen and oxygen atoms in total. The predicted octanol–water partition coefficient (Wildman–Crippen LogP) is 0.787. The van der Waals surface area contributed by atoms with E-state index in [9.17, 15) is 0 Å². The zero-order chi connectivity index (χ0) is 20.2. The number of aromatic nitrogens is 3. The van der Waals surface area contributed by atoms with Crippen LogP contribution in [0.1, 0.15) is 63.8 Å².